The van der Waals surface area contributed by atoms with Crippen LogP contribution in [0, 0.1) is 13.8 Å². The molecular weight excluding hydrogens is 408 g/mol. The summed E-state index contributed by atoms with van der Waals surface area (Å²) in [5, 5.41) is 3.85. The number of anilines is 1. The molecule has 2 rings (SSSR count). The Morgan fingerprint density at radius 2 is 1.83 bits per heavy atom. The van der Waals surface area contributed by atoms with Gasteiger partial charge in [0.05, 0.1) is 18.2 Å². The summed E-state index contributed by atoms with van der Waals surface area (Å²) in [4.78, 5) is 23.0. The number of nitrogens with one attached hydrogen (secondary N) is 1. The number of ether oxygens (including phenoxy) is 1. The molecule has 0 aliphatic rings. The van der Waals surface area contributed by atoms with Gasteiger partial charge in [0.15, 0.2) is 6.61 Å². The lowest BCUT2D eigenvalue weighted by Gasteiger charge is -2.23. The number of sulfonamides is 1. The summed E-state index contributed by atoms with van der Waals surface area (Å²) in [5.41, 5.74) is 10.1. The summed E-state index contributed by atoms with van der Waals surface area (Å²) in [5.74, 6) is -0.696. The van der Waals surface area contributed by atoms with Gasteiger partial charge in [-0.2, -0.15) is 5.10 Å². The molecule has 9 nitrogen and oxygen atoms in total. The second-order valence-electron chi connectivity index (χ2n) is 6.68. The second kappa shape index (κ2) is 9.88. The van der Waals surface area contributed by atoms with Crippen molar-refractivity contribution >= 4 is 33.7 Å². The van der Waals surface area contributed by atoms with Crippen molar-refractivity contribution in [2.24, 2.45) is 10.8 Å². The zero-order valence-electron chi connectivity index (χ0n) is 17.0. The summed E-state index contributed by atoms with van der Waals surface area (Å²) < 4.78 is 30.6. The number of rotatable bonds is 9. The first-order chi connectivity index (χ1) is 14.1. The summed E-state index contributed by atoms with van der Waals surface area (Å²) in [6, 6.07) is 12.0. The topological polar surface area (TPSA) is 131 Å². The van der Waals surface area contributed by atoms with Gasteiger partial charge < -0.3 is 10.5 Å². The zero-order valence-corrected chi connectivity index (χ0v) is 17.8. The fourth-order valence-corrected chi connectivity index (χ4v) is 3.42. The van der Waals surface area contributed by atoms with Gasteiger partial charge in [-0.05, 0) is 60.9 Å². The third kappa shape index (κ3) is 6.89. The minimum atomic E-state index is -3.67. The van der Waals surface area contributed by atoms with Gasteiger partial charge >= 0.3 is 0 Å². The van der Waals surface area contributed by atoms with Gasteiger partial charge in [0.2, 0.25) is 10.0 Å². The maximum atomic E-state index is 12.3. The van der Waals surface area contributed by atoms with Gasteiger partial charge in [0.25, 0.3) is 11.8 Å². The number of carbonyl (C=O) groups is 2. The smallest absolute Gasteiger partial charge is 0.260 e. The fraction of sp³-hybridized carbons (Fsp3) is 0.250. The molecule has 0 fully saturated rings. The Labute approximate surface area is 175 Å². The van der Waals surface area contributed by atoms with Gasteiger partial charge in [-0.25, -0.2) is 13.8 Å². The van der Waals surface area contributed by atoms with Crippen LogP contribution in [0.25, 0.3) is 0 Å². The number of amides is 2. The SMILES string of the molecule is Cc1ccc(C)c(N(CC(=O)N/N=C\c2ccc(OCC(N)=O)cc2)S(C)(=O)=O)c1. The summed E-state index contributed by atoms with van der Waals surface area (Å²) in [6.45, 7) is 3.00. The highest BCUT2D eigenvalue weighted by atomic mass is 32.2. The Morgan fingerprint density at radius 1 is 1.17 bits per heavy atom. The van der Waals surface area contributed by atoms with E-state index in [9.17, 15) is 18.0 Å². The molecule has 2 amide bonds. The number of benzene rings is 2. The van der Waals surface area contributed by atoms with Crippen molar-refractivity contribution in [3.63, 3.8) is 0 Å². The normalized spacial score (nSPS) is 11.3. The number of aryl methyl sites for hydroxylation is 2. The molecule has 2 aromatic carbocycles. The van der Waals surface area contributed by atoms with E-state index in [0.29, 0.717) is 17.0 Å². The van der Waals surface area contributed by atoms with Gasteiger partial charge in [0.1, 0.15) is 12.3 Å². The molecule has 0 heterocycles. The van der Waals surface area contributed by atoms with Crippen LogP contribution in [0.5, 0.6) is 5.75 Å². The van der Waals surface area contributed by atoms with E-state index in [-0.39, 0.29) is 6.61 Å². The van der Waals surface area contributed by atoms with Crippen LogP contribution in [0.1, 0.15) is 16.7 Å². The van der Waals surface area contributed by atoms with E-state index in [1.165, 1.54) is 6.21 Å². The average molecular weight is 433 g/mol. The molecular formula is C20H24N4O5S. The molecule has 30 heavy (non-hydrogen) atoms. The van der Waals surface area contributed by atoms with Crippen molar-refractivity contribution < 1.29 is 22.7 Å². The van der Waals surface area contributed by atoms with Crippen LogP contribution in [0.2, 0.25) is 0 Å². The van der Waals surface area contributed by atoms with Crippen molar-refractivity contribution in [2.75, 3.05) is 23.7 Å². The van der Waals surface area contributed by atoms with E-state index >= 15 is 0 Å². The molecule has 0 bridgehead atoms. The van der Waals surface area contributed by atoms with Crippen LogP contribution >= 0.6 is 0 Å². The van der Waals surface area contributed by atoms with Crippen molar-refractivity contribution in [1.82, 2.24) is 5.43 Å². The van der Waals surface area contributed by atoms with Gasteiger partial charge in [-0.3, -0.25) is 13.9 Å². The molecule has 10 heteroatoms. The van der Waals surface area contributed by atoms with Gasteiger partial charge in [-0.15, -0.1) is 0 Å². The standard InChI is InChI=1S/C20H24N4O5S/c1-14-4-5-15(2)18(10-14)24(30(3,27)28)12-20(26)23-22-11-16-6-8-17(9-7-16)29-13-19(21)25/h4-11H,12-13H2,1-3H3,(H2,21,25)(H,23,26)/b22-11-. The Balaban J connectivity index is 2.02. The highest BCUT2D eigenvalue weighted by molar-refractivity contribution is 7.92. The highest BCUT2D eigenvalue weighted by Gasteiger charge is 2.22. The first kappa shape index (κ1) is 22.9. The van der Waals surface area contributed by atoms with Crippen molar-refractivity contribution in [2.45, 2.75) is 13.8 Å². The number of nitrogens with two attached hydrogens (primary N) is 1. The first-order valence-electron chi connectivity index (χ1n) is 8.94. The monoisotopic (exact) mass is 432 g/mol. The number of hydrogen-bond donors (Lipinski definition) is 2. The number of primary amides is 1. The summed E-state index contributed by atoms with van der Waals surface area (Å²) in [7, 11) is -3.67. The van der Waals surface area contributed by atoms with E-state index in [1.807, 2.05) is 13.0 Å². The predicted octanol–water partition coefficient (Wildman–Crippen LogP) is 1.08. The number of hydrazone groups is 1. The predicted molar refractivity (Wildman–Crippen MR) is 115 cm³/mol. The Morgan fingerprint density at radius 3 is 2.43 bits per heavy atom. The molecule has 0 aliphatic heterocycles. The maximum absolute atomic E-state index is 12.3. The third-order valence-corrected chi connectivity index (χ3v) is 5.11. The lowest BCUT2D eigenvalue weighted by molar-refractivity contribution is -0.120. The molecule has 0 aromatic heterocycles. The average Bonchev–Trinajstić information content (AvgIpc) is 2.66. The fourth-order valence-electron chi connectivity index (χ4n) is 2.52. The van der Waals surface area contributed by atoms with Crippen LogP contribution < -0.4 is 20.2 Å². The quantitative estimate of drug-likeness (QED) is 0.452. The van der Waals surface area contributed by atoms with Crippen LogP contribution in [0.15, 0.2) is 47.6 Å². The van der Waals surface area contributed by atoms with E-state index in [0.717, 1.165) is 21.7 Å². The van der Waals surface area contributed by atoms with Crippen molar-refractivity contribution in [1.29, 1.82) is 0 Å². The van der Waals surface area contributed by atoms with Crippen LogP contribution in [0.3, 0.4) is 0 Å². The number of nitrogens with zero attached hydrogens (tertiary/aromatic N) is 2. The molecule has 0 unspecified atom stereocenters. The van der Waals surface area contributed by atoms with Gasteiger partial charge in [-0.1, -0.05) is 12.1 Å². The molecule has 0 saturated heterocycles. The summed E-state index contributed by atoms with van der Waals surface area (Å²) in [6.07, 6.45) is 2.45. The molecule has 0 aliphatic carbocycles. The van der Waals surface area contributed by atoms with Crippen LogP contribution in [-0.4, -0.2) is 45.9 Å². The van der Waals surface area contributed by atoms with Crippen LogP contribution in [-0.2, 0) is 19.6 Å². The Kier molecular flexibility index (Phi) is 7.54. The molecule has 0 atom stereocenters. The zero-order chi connectivity index (χ0) is 22.3. The summed E-state index contributed by atoms with van der Waals surface area (Å²) >= 11 is 0. The molecule has 0 radical (unpaired) electrons. The molecule has 3 N–H and O–H groups in total. The second-order valence-corrected chi connectivity index (χ2v) is 8.58. The Hall–Kier alpha value is -3.40. The van der Waals surface area contributed by atoms with E-state index in [2.05, 4.69) is 10.5 Å². The molecule has 0 saturated carbocycles. The third-order valence-electron chi connectivity index (χ3n) is 3.98. The maximum Gasteiger partial charge on any atom is 0.260 e. The van der Waals surface area contributed by atoms with Crippen LogP contribution in [0.4, 0.5) is 5.69 Å². The Bertz CT molecular complexity index is 1050. The molecule has 160 valence electrons. The largest absolute Gasteiger partial charge is 0.484 e. The highest BCUT2D eigenvalue weighted by Crippen LogP contribution is 2.23. The molecule has 0 spiro atoms. The van der Waals surface area contributed by atoms with Gasteiger partial charge in [0, 0.05) is 0 Å². The lowest BCUT2D eigenvalue weighted by Crippen LogP contribution is -2.39. The van der Waals surface area contributed by atoms with Crippen molar-refractivity contribution in [3.05, 3.63) is 59.2 Å². The van der Waals surface area contributed by atoms with Crippen molar-refractivity contribution in [3.8, 4) is 5.75 Å². The minimum absolute atomic E-state index is 0.221. The number of hydrogen-bond acceptors (Lipinski definition) is 6. The lowest BCUT2D eigenvalue weighted by atomic mass is 10.1. The van der Waals surface area contributed by atoms with E-state index < -0.39 is 28.4 Å². The van der Waals surface area contributed by atoms with E-state index in [1.54, 1.807) is 43.3 Å². The first-order valence-corrected chi connectivity index (χ1v) is 10.8. The minimum Gasteiger partial charge on any atom is -0.484 e. The molecule has 2 aromatic rings. The number of carbonyl (C=O) groups excluding carboxylic acids is 2. The van der Waals surface area contributed by atoms with E-state index in [4.69, 9.17) is 10.5 Å².